The number of carbonyl (C=O) groups excluding carboxylic acids is 1. The minimum Gasteiger partial charge on any atom is -0.394 e. The van der Waals surface area contributed by atoms with Crippen LogP contribution in [0.25, 0.3) is 0 Å². The van der Waals surface area contributed by atoms with Crippen molar-refractivity contribution in [3.05, 3.63) is 72.9 Å². The van der Waals surface area contributed by atoms with Crippen molar-refractivity contribution < 1.29 is 89.4 Å². The van der Waals surface area contributed by atoms with Gasteiger partial charge in [-0.2, -0.15) is 0 Å². The predicted molar refractivity (Wildman–Crippen MR) is 318 cm³/mol. The van der Waals surface area contributed by atoms with Crippen LogP contribution >= 0.6 is 0 Å². The summed E-state index contributed by atoms with van der Waals surface area (Å²) < 4.78 is 34.2. The van der Waals surface area contributed by atoms with Gasteiger partial charge in [-0.05, 0) is 70.6 Å². The molecule has 0 spiro atoms. The molecule has 0 radical (unpaired) electrons. The van der Waals surface area contributed by atoms with E-state index in [2.05, 4.69) is 79.9 Å². The molecular formula is C64H111NO18. The maximum Gasteiger partial charge on any atom is 0.220 e. The van der Waals surface area contributed by atoms with Gasteiger partial charge in [0, 0.05) is 6.42 Å². The lowest BCUT2D eigenvalue weighted by Gasteiger charge is -2.48. The molecule has 3 fully saturated rings. The minimum atomic E-state index is -1.98. The van der Waals surface area contributed by atoms with Gasteiger partial charge in [-0.15, -0.1) is 0 Å². The normalized spacial score (nSPS) is 29.9. The number of aliphatic hydroxyl groups excluding tert-OH is 11. The highest BCUT2D eigenvalue weighted by atomic mass is 16.8. The van der Waals surface area contributed by atoms with E-state index < -0.39 is 124 Å². The van der Waals surface area contributed by atoms with E-state index in [-0.39, 0.29) is 18.9 Å². The Morgan fingerprint density at radius 3 is 1.35 bits per heavy atom. The Kier molecular flexibility index (Phi) is 41.6. The largest absolute Gasteiger partial charge is 0.394 e. The van der Waals surface area contributed by atoms with Gasteiger partial charge in [0.2, 0.25) is 5.91 Å². The van der Waals surface area contributed by atoms with Crippen molar-refractivity contribution in [2.45, 2.75) is 298 Å². The molecule has 17 atom stereocenters. The number of unbranched alkanes of at least 4 members (excludes halogenated alkanes) is 20. The Balaban J connectivity index is 1.42. The summed E-state index contributed by atoms with van der Waals surface area (Å²) >= 11 is 0. The van der Waals surface area contributed by atoms with E-state index in [1.165, 1.54) is 89.9 Å². The number of carbonyl (C=O) groups is 1. The molecule has 19 nitrogen and oxygen atoms in total. The predicted octanol–water partition coefficient (Wildman–Crippen LogP) is 6.60. The lowest BCUT2D eigenvalue weighted by Crippen LogP contribution is -2.66. The van der Waals surface area contributed by atoms with Crippen molar-refractivity contribution >= 4 is 5.91 Å². The molecule has 19 heteroatoms. The van der Waals surface area contributed by atoms with Gasteiger partial charge >= 0.3 is 0 Å². The Morgan fingerprint density at radius 1 is 0.446 bits per heavy atom. The van der Waals surface area contributed by atoms with Crippen LogP contribution in [0, 0.1) is 0 Å². The number of rotatable bonds is 46. The van der Waals surface area contributed by atoms with Gasteiger partial charge < -0.3 is 89.9 Å². The summed E-state index contributed by atoms with van der Waals surface area (Å²) in [5.74, 6) is -0.291. The summed E-state index contributed by atoms with van der Waals surface area (Å²) in [6, 6.07) is -0.991. The fourth-order valence-electron chi connectivity index (χ4n) is 10.3. The van der Waals surface area contributed by atoms with Crippen molar-refractivity contribution in [2.24, 2.45) is 0 Å². The second-order valence-electron chi connectivity index (χ2n) is 22.5. The lowest BCUT2D eigenvalue weighted by molar-refractivity contribution is -0.379. The average Bonchev–Trinajstić information content (AvgIpc) is 3.62. The molecule has 3 rings (SSSR count). The van der Waals surface area contributed by atoms with Gasteiger partial charge in [0.05, 0.1) is 38.6 Å². The second kappa shape index (κ2) is 46.4. The molecule has 0 saturated carbocycles. The average molecular weight is 1180 g/mol. The van der Waals surface area contributed by atoms with E-state index in [9.17, 15) is 61.0 Å². The third-order valence-corrected chi connectivity index (χ3v) is 15.5. The molecule has 0 aromatic carbocycles. The third-order valence-electron chi connectivity index (χ3n) is 15.5. The quantitative estimate of drug-likeness (QED) is 0.0226. The number of hydrogen-bond donors (Lipinski definition) is 12. The van der Waals surface area contributed by atoms with Gasteiger partial charge in [-0.25, -0.2) is 0 Å². The van der Waals surface area contributed by atoms with Crippen LogP contribution in [0.5, 0.6) is 0 Å². The molecule has 83 heavy (non-hydrogen) atoms. The molecule has 3 aliphatic heterocycles. The van der Waals surface area contributed by atoms with Gasteiger partial charge in [0.15, 0.2) is 18.9 Å². The topological polar surface area (TPSA) is 307 Å². The van der Waals surface area contributed by atoms with Crippen molar-refractivity contribution in [1.29, 1.82) is 0 Å². The summed E-state index contributed by atoms with van der Waals surface area (Å²) in [6.45, 7) is 1.55. The van der Waals surface area contributed by atoms with Crippen molar-refractivity contribution in [1.82, 2.24) is 5.32 Å². The molecule has 1 amide bonds. The monoisotopic (exact) mass is 1180 g/mol. The van der Waals surface area contributed by atoms with Crippen LogP contribution < -0.4 is 5.32 Å². The summed E-state index contributed by atoms with van der Waals surface area (Å²) in [6.07, 6.45) is 29.0. The van der Waals surface area contributed by atoms with Crippen LogP contribution in [0.3, 0.4) is 0 Å². The molecule has 12 N–H and O–H groups in total. The maximum absolute atomic E-state index is 13.3. The molecule has 3 heterocycles. The zero-order valence-corrected chi connectivity index (χ0v) is 50.1. The van der Waals surface area contributed by atoms with E-state index in [1.807, 2.05) is 6.08 Å². The highest BCUT2D eigenvalue weighted by Crippen LogP contribution is 2.33. The zero-order chi connectivity index (χ0) is 60.5. The Labute approximate surface area is 496 Å². The van der Waals surface area contributed by atoms with E-state index in [0.29, 0.717) is 12.8 Å². The fraction of sp³-hybridized carbons (Fsp3) is 0.797. The number of amides is 1. The molecular weight excluding hydrogens is 1070 g/mol. The first-order valence-corrected chi connectivity index (χ1v) is 31.7. The summed E-state index contributed by atoms with van der Waals surface area (Å²) in [5, 5.41) is 120. The first kappa shape index (κ1) is 74.5. The third kappa shape index (κ3) is 29.7. The summed E-state index contributed by atoms with van der Waals surface area (Å²) in [4.78, 5) is 13.3. The van der Waals surface area contributed by atoms with Crippen molar-refractivity contribution in [3.63, 3.8) is 0 Å². The Morgan fingerprint density at radius 2 is 0.843 bits per heavy atom. The minimum absolute atomic E-state index is 0.231. The van der Waals surface area contributed by atoms with E-state index >= 15 is 0 Å². The molecule has 0 aromatic heterocycles. The first-order valence-electron chi connectivity index (χ1n) is 31.7. The van der Waals surface area contributed by atoms with Crippen LogP contribution in [-0.4, -0.2) is 193 Å². The van der Waals surface area contributed by atoms with Crippen molar-refractivity contribution in [3.8, 4) is 0 Å². The standard InChI is InChI=1S/C64H111NO18/c1-3-5-7-9-11-13-15-16-17-18-19-20-21-22-23-24-25-26-27-28-29-30-32-34-36-38-40-42-52(70)65-47(48(69)41-39-37-35-33-31-14-12-10-8-6-4-2)46-78-62-58(76)55(73)60(50(44-67)80-62)83-64-59(77)56(74)61(51(45-68)81-64)82-63-57(75)54(72)53(71)49(43-66)79-63/h5,7,11,13,16-17,19-20,31,33,39,41,47-51,53-64,66-69,71-77H,3-4,6,8-10,12,14-15,18,21-30,32,34-38,40,42-46H2,1-2H3,(H,65,70)/b7-5-,13-11-,17-16-,20-19-,33-31+,41-39+. The number of hydrogen-bond acceptors (Lipinski definition) is 18. The van der Waals surface area contributed by atoms with E-state index in [1.54, 1.807) is 6.08 Å². The van der Waals surface area contributed by atoms with Crippen LogP contribution in [0.1, 0.15) is 194 Å². The van der Waals surface area contributed by atoms with Crippen LogP contribution in [0.15, 0.2) is 72.9 Å². The molecule has 480 valence electrons. The van der Waals surface area contributed by atoms with Gasteiger partial charge in [-0.1, -0.05) is 189 Å². The maximum atomic E-state index is 13.3. The molecule has 3 aliphatic rings. The number of nitrogens with one attached hydrogen (secondary N) is 1. The van der Waals surface area contributed by atoms with Crippen LogP contribution in [-0.2, 0) is 33.2 Å². The zero-order valence-electron chi connectivity index (χ0n) is 50.1. The van der Waals surface area contributed by atoms with E-state index in [0.717, 1.165) is 70.6 Å². The highest BCUT2D eigenvalue weighted by Gasteiger charge is 2.53. The molecule has 0 bridgehead atoms. The molecule has 3 saturated heterocycles. The van der Waals surface area contributed by atoms with Gasteiger partial charge in [-0.3, -0.25) is 4.79 Å². The number of aliphatic hydroxyl groups is 11. The summed E-state index contributed by atoms with van der Waals surface area (Å²) in [7, 11) is 0. The molecule has 17 unspecified atom stereocenters. The fourth-order valence-corrected chi connectivity index (χ4v) is 10.3. The van der Waals surface area contributed by atoms with Gasteiger partial charge in [0.25, 0.3) is 0 Å². The smallest absolute Gasteiger partial charge is 0.220 e. The SMILES string of the molecule is CC/C=C\C/C=C\C/C=C\C/C=C\CCCCCCCCCCCCCCCCC(=O)NC(COC1OC(CO)C(OC2OC(CO)C(OC3OC(CO)C(O)C(O)C3O)C(O)C2O)C(O)C1O)C(O)/C=C/CC/C=C/CCCCCCC. The Bertz CT molecular complexity index is 1790. The second-order valence-corrected chi connectivity index (χ2v) is 22.5. The molecule has 0 aromatic rings. The van der Waals surface area contributed by atoms with Crippen molar-refractivity contribution in [2.75, 3.05) is 26.4 Å². The van der Waals surface area contributed by atoms with Gasteiger partial charge in [0.1, 0.15) is 73.2 Å². The first-order chi connectivity index (χ1) is 40.3. The molecule has 0 aliphatic carbocycles. The summed E-state index contributed by atoms with van der Waals surface area (Å²) in [5.41, 5.74) is 0. The van der Waals surface area contributed by atoms with Crippen LogP contribution in [0.2, 0.25) is 0 Å². The number of allylic oxidation sites excluding steroid dienone is 11. The van der Waals surface area contributed by atoms with Crippen LogP contribution in [0.4, 0.5) is 0 Å². The lowest BCUT2D eigenvalue weighted by atomic mass is 9.96. The number of ether oxygens (including phenoxy) is 6. The van der Waals surface area contributed by atoms with E-state index in [4.69, 9.17) is 28.4 Å². The Hall–Kier alpha value is -2.77. The highest BCUT2D eigenvalue weighted by molar-refractivity contribution is 5.76.